The molecule has 0 unspecified atom stereocenters. The zero-order chi connectivity index (χ0) is 14.7. The van der Waals surface area contributed by atoms with Crippen LogP contribution in [-0.4, -0.2) is 30.3 Å². The second kappa shape index (κ2) is 5.77. The molecule has 0 amide bonds. The van der Waals surface area contributed by atoms with Crippen LogP contribution in [0.2, 0.25) is 0 Å². The molecule has 0 aliphatic carbocycles. The van der Waals surface area contributed by atoms with Crippen LogP contribution < -0.4 is 9.47 Å². The fraction of sp³-hybridized carbons (Fsp3) is 0.333. The molecule has 0 aliphatic heterocycles. The molecule has 0 saturated heterocycles. The van der Waals surface area contributed by atoms with Crippen molar-refractivity contribution in [2.24, 2.45) is 0 Å². The average Bonchev–Trinajstić information content (AvgIpc) is 2.43. The number of fused-ring (bicyclic) bond motifs is 1. The zero-order valence-electron chi connectivity index (χ0n) is 11.8. The van der Waals surface area contributed by atoms with Crippen molar-refractivity contribution in [2.75, 3.05) is 14.2 Å². The highest BCUT2D eigenvalue weighted by Gasteiger charge is 2.14. The van der Waals surface area contributed by atoms with Gasteiger partial charge >= 0.3 is 5.97 Å². The lowest BCUT2D eigenvalue weighted by Crippen LogP contribution is -2.01. The molecule has 0 spiro atoms. The highest BCUT2D eigenvalue weighted by molar-refractivity contribution is 5.93. The summed E-state index contributed by atoms with van der Waals surface area (Å²) in [6.45, 7) is 1.88. The number of carbonyl (C=O) groups is 1. The van der Waals surface area contributed by atoms with Gasteiger partial charge in [0.25, 0.3) is 0 Å². The first-order valence-corrected chi connectivity index (χ1v) is 6.29. The van der Waals surface area contributed by atoms with Gasteiger partial charge in [-0.05, 0) is 37.1 Å². The lowest BCUT2D eigenvalue weighted by molar-refractivity contribution is -0.136. The van der Waals surface area contributed by atoms with Crippen LogP contribution in [0.5, 0.6) is 11.5 Å². The van der Waals surface area contributed by atoms with E-state index in [9.17, 15) is 4.79 Å². The molecule has 0 saturated carbocycles. The minimum atomic E-state index is -0.825. The molecule has 1 aromatic heterocycles. The molecule has 1 heterocycles. The van der Waals surface area contributed by atoms with Crippen LogP contribution in [0.1, 0.15) is 17.7 Å². The summed E-state index contributed by atoms with van der Waals surface area (Å²) in [7, 11) is 3.17. The van der Waals surface area contributed by atoms with Crippen LogP contribution in [0.25, 0.3) is 10.9 Å². The van der Waals surface area contributed by atoms with Gasteiger partial charge in [0.2, 0.25) is 0 Å². The van der Waals surface area contributed by atoms with E-state index in [1.54, 1.807) is 20.3 Å². The largest absolute Gasteiger partial charge is 0.496 e. The summed E-state index contributed by atoms with van der Waals surface area (Å²) in [6.07, 6.45) is 0.498. The molecule has 1 N–H and O–H groups in total. The number of hydrogen-bond acceptors (Lipinski definition) is 4. The monoisotopic (exact) mass is 275 g/mol. The molecule has 2 aromatic rings. The number of methoxy groups -OCH3 is 2. The fourth-order valence-electron chi connectivity index (χ4n) is 2.28. The van der Waals surface area contributed by atoms with Crippen molar-refractivity contribution < 1.29 is 19.4 Å². The van der Waals surface area contributed by atoms with Gasteiger partial charge in [0, 0.05) is 17.5 Å². The van der Waals surface area contributed by atoms with Gasteiger partial charge in [0.15, 0.2) is 0 Å². The van der Waals surface area contributed by atoms with E-state index >= 15 is 0 Å². The summed E-state index contributed by atoms with van der Waals surface area (Å²) >= 11 is 0. The third kappa shape index (κ3) is 2.66. The summed E-state index contributed by atoms with van der Waals surface area (Å²) in [4.78, 5) is 15.3. The Morgan fingerprint density at radius 3 is 2.50 bits per heavy atom. The number of aryl methyl sites for hydroxylation is 2. The molecule has 0 bridgehead atoms. The van der Waals surface area contributed by atoms with Crippen molar-refractivity contribution in [1.29, 1.82) is 0 Å². The Bertz CT molecular complexity index is 652. The van der Waals surface area contributed by atoms with Gasteiger partial charge in [-0.2, -0.15) is 0 Å². The van der Waals surface area contributed by atoms with Crippen molar-refractivity contribution in [3.63, 3.8) is 0 Å². The molecular weight excluding hydrogens is 258 g/mol. The molecule has 2 rings (SSSR count). The van der Waals surface area contributed by atoms with Gasteiger partial charge in [-0.25, -0.2) is 4.98 Å². The third-order valence-corrected chi connectivity index (χ3v) is 3.14. The number of carboxylic acids is 1. The molecule has 1 aromatic carbocycles. The third-order valence-electron chi connectivity index (χ3n) is 3.14. The minimum Gasteiger partial charge on any atom is -0.496 e. The highest BCUT2D eigenvalue weighted by Crippen LogP contribution is 2.35. The van der Waals surface area contributed by atoms with Crippen LogP contribution in [0.4, 0.5) is 0 Å². The van der Waals surface area contributed by atoms with Crippen molar-refractivity contribution in [2.45, 2.75) is 19.8 Å². The first-order chi connectivity index (χ1) is 9.56. The maximum absolute atomic E-state index is 10.8. The Labute approximate surface area is 117 Å². The van der Waals surface area contributed by atoms with Crippen molar-refractivity contribution >= 4 is 16.9 Å². The van der Waals surface area contributed by atoms with Gasteiger partial charge in [0.1, 0.15) is 17.0 Å². The molecule has 5 heteroatoms. The Morgan fingerprint density at radius 1 is 1.25 bits per heavy atom. The van der Waals surface area contributed by atoms with E-state index < -0.39 is 5.97 Å². The molecule has 0 aliphatic rings. The quantitative estimate of drug-likeness (QED) is 0.908. The second-order valence-electron chi connectivity index (χ2n) is 4.51. The van der Waals surface area contributed by atoms with Crippen LogP contribution in [0, 0.1) is 6.92 Å². The van der Waals surface area contributed by atoms with E-state index in [1.807, 2.05) is 19.1 Å². The van der Waals surface area contributed by atoms with E-state index in [0.717, 1.165) is 16.6 Å². The lowest BCUT2D eigenvalue weighted by atomic mass is 10.0. The molecular formula is C15H17NO4. The van der Waals surface area contributed by atoms with Gasteiger partial charge in [0.05, 0.1) is 14.2 Å². The molecule has 20 heavy (non-hydrogen) atoms. The van der Waals surface area contributed by atoms with Gasteiger partial charge in [-0.1, -0.05) is 0 Å². The average molecular weight is 275 g/mol. The Balaban J connectivity index is 2.68. The topological polar surface area (TPSA) is 68.7 Å². The predicted molar refractivity (Wildman–Crippen MR) is 75.5 cm³/mol. The number of nitrogens with zero attached hydrogens (tertiary/aromatic N) is 1. The first kappa shape index (κ1) is 14.1. The normalized spacial score (nSPS) is 10.6. The molecule has 106 valence electrons. The van der Waals surface area contributed by atoms with Gasteiger partial charge in [-0.15, -0.1) is 0 Å². The van der Waals surface area contributed by atoms with E-state index in [4.69, 9.17) is 14.6 Å². The Kier molecular flexibility index (Phi) is 4.08. The van der Waals surface area contributed by atoms with Crippen molar-refractivity contribution in [3.8, 4) is 11.5 Å². The molecule has 0 atom stereocenters. The second-order valence-corrected chi connectivity index (χ2v) is 4.51. The van der Waals surface area contributed by atoms with E-state index in [0.29, 0.717) is 23.4 Å². The SMILES string of the molecule is COc1ccc(OC)c2c(CCC(=O)O)cc(C)nc12. The van der Waals surface area contributed by atoms with E-state index in [1.165, 1.54) is 0 Å². The first-order valence-electron chi connectivity index (χ1n) is 6.29. The zero-order valence-corrected chi connectivity index (χ0v) is 11.8. The summed E-state index contributed by atoms with van der Waals surface area (Å²) in [5, 5.41) is 9.69. The summed E-state index contributed by atoms with van der Waals surface area (Å²) in [5.74, 6) is 0.504. The number of rotatable bonds is 5. The van der Waals surface area contributed by atoms with Crippen LogP contribution in [0.15, 0.2) is 18.2 Å². The molecule has 5 nitrogen and oxygen atoms in total. The Hall–Kier alpha value is -2.30. The van der Waals surface area contributed by atoms with E-state index in [-0.39, 0.29) is 6.42 Å². The highest BCUT2D eigenvalue weighted by atomic mass is 16.5. The number of benzene rings is 1. The predicted octanol–water partition coefficient (Wildman–Crippen LogP) is 2.58. The smallest absolute Gasteiger partial charge is 0.303 e. The fourth-order valence-corrected chi connectivity index (χ4v) is 2.28. The van der Waals surface area contributed by atoms with Crippen LogP contribution >= 0.6 is 0 Å². The Morgan fingerprint density at radius 2 is 1.90 bits per heavy atom. The van der Waals surface area contributed by atoms with E-state index in [2.05, 4.69) is 4.98 Å². The van der Waals surface area contributed by atoms with Gasteiger partial charge < -0.3 is 14.6 Å². The maximum atomic E-state index is 10.8. The number of aromatic nitrogens is 1. The van der Waals surface area contributed by atoms with Crippen molar-refractivity contribution in [3.05, 3.63) is 29.5 Å². The van der Waals surface area contributed by atoms with Crippen LogP contribution in [0.3, 0.4) is 0 Å². The van der Waals surface area contributed by atoms with Crippen LogP contribution in [-0.2, 0) is 11.2 Å². The minimum absolute atomic E-state index is 0.0684. The summed E-state index contributed by atoms with van der Waals surface area (Å²) < 4.78 is 10.7. The van der Waals surface area contributed by atoms with Gasteiger partial charge in [-0.3, -0.25) is 4.79 Å². The number of pyridine rings is 1. The number of ether oxygens (including phenoxy) is 2. The summed E-state index contributed by atoms with van der Waals surface area (Å²) in [5.41, 5.74) is 2.43. The molecule has 0 fully saturated rings. The number of carboxylic acid groups (broad SMARTS) is 1. The summed E-state index contributed by atoms with van der Waals surface area (Å²) in [6, 6.07) is 5.50. The maximum Gasteiger partial charge on any atom is 0.303 e. The number of hydrogen-bond donors (Lipinski definition) is 1. The lowest BCUT2D eigenvalue weighted by Gasteiger charge is -2.13. The standard InChI is InChI=1S/C15H17NO4/c1-9-8-10(4-7-13(17)18)14-11(19-2)5-6-12(20-3)15(14)16-9/h5-6,8H,4,7H2,1-3H3,(H,17,18). The number of aliphatic carboxylic acids is 1. The molecule has 0 radical (unpaired) electrons. The van der Waals surface area contributed by atoms with Crippen molar-refractivity contribution in [1.82, 2.24) is 4.98 Å².